The van der Waals surface area contributed by atoms with E-state index in [4.69, 9.17) is 0 Å². The number of aromatic nitrogens is 1. The topological polar surface area (TPSA) is 103 Å². The fraction of sp³-hybridized carbons (Fsp3) is 0.211. The van der Waals surface area contributed by atoms with E-state index in [1.54, 1.807) is 36.7 Å². The van der Waals surface area contributed by atoms with Crippen molar-refractivity contribution in [2.24, 2.45) is 0 Å². The molecule has 0 aliphatic heterocycles. The van der Waals surface area contributed by atoms with E-state index in [0.29, 0.717) is 12.1 Å². The Hall–Kier alpha value is -3.55. The van der Waals surface area contributed by atoms with Crippen molar-refractivity contribution in [1.29, 1.82) is 0 Å². The number of nitro groups is 1. The van der Waals surface area contributed by atoms with Crippen LogP contribution in [0.25, 0.3) is 6.08 Å². The Morgan fingerprint density at radius 2 is 2.00 bits per heavy atom. The van der Waals surface area contributed by atoms with Crippen LogP contribution in [0.3, 0.4) is 0 Å². The number of nitrogens with zero attached hydrogens (tertiary/aromatic N) is 3. The van der Waals surface area contributed by atoms with Crippen molar-refractivity contribution in [2.75, 3.05) is 13.7 Å². The Labute approximate surface area is 156 Å². The van der Waals surface area contributed by atoms with Crippen LogP contribution in [0, 0.1) is 10.1 Å². The second-order valence-electron chi connectivity index (χ2n) is 5.63. The van der Waals surface area contributed by atoms with Crippen LogP contribution in [0.1, 0.15) is 17.5 Å². The molecule has 27 heavy (non-hydrogen) atoms. The maximum Gasteiger partial charge on any atom is 0.307 e. The number of amides is 1. The second-order valence-corrected chi connectivity index (χ2v) is 5.63. The van der Waals surface area contributed by atoms with Gasteiger partial charge in [0, 0.05) is 43.7 Å². The Morgan fingerprint density at radius 1 is 1.26 bits per heavy atom. The van der Waals surface area contributed by atoms with Crippen LogP contribution in [0.15, 0.2) is 54.9 Å². The number of carbonyl (C=O) groups excluding carboxylic acids is 2. The monoisotopic (exact) mass is 369 g/mol. The average molecular weight is 369 g/mol. The van der Waals surface area contributed by atoms with Crippen molar-refractivity contribution in [3.8, 4) is 0 Å². The average Bonchev–Trinajstić information content (AvgIpc) is 2.70. The summed E-state index contributed by atoms with van der Waals surface area (Å²) < 4.78 is 4.63. The molecule has 2 rings (SSSR count). The third-order valence-electron chi connectivity index (χ3n) is 3.74. The van der Waals surface area contributed by atoms with Crippen LogP contribution in [0.4, 0.5) is 5.69 Å². The molecule has 1 aromatic carbocycles. The molecule has 0 atom stereocenters. The third kappa shape index (κ3) is 6.35. The lowest BCUT2D eigenvalue weighted by Crippen LogP contribution is -2.31. The fourth-order valence-electron chi connectivity index (χ4n) is 2.29. The van der Waals surface area contributed by atoms with E-state index >= 15 is 0 Å². The SMILES string of the molecule is COC(=O)CCN(Cc1cccnc1)C(=O)/C=C/c1ccc([N+](=O)[O-])cc1. The highest BCUT2D eigenvalue weighted by Gasteiger charge is 2.14. The van der Waals surface area contributed by atoms with E-state index in [-0.39, 0.29) is 24.6 Å². The summed E-state index contributed by atoms with van der Waals surface area (Å²) >= 11 is 0. The van der Waals surface area contributed by atoms with Gasteiger partial charge < -0.3 is 9.64 Å². The molecule has 140 valence electrons. The molecule has 1 heterocycles. The van der Waals surface area contributed by atoms with Gasteiger partial charge in [0.05, 0.1) is 18.5 Å². The molecule has 0 aliphatic rings. The number of carbonyl (C=O) groups is 2. The van der Waals surface area contributed by atoms with Gasteiger partial charge in [0.2, 0.25) is 5.91 Å². The molecule has 0 N–H and O–H groups in total. The van der Waals surface area contributed by atoms with Crippen LogP contribution in [0.5, 0.6) is 0 Å². The van der Waals surface area contributed by atoms with E-state index in [2.05, 4.69) is 9.72 Å². The smallest absolute Gasteiger partial charge is 0.307 e. The van der Waals surface area contributed by atoms with Gasteiger partial charge in [0.25, 0.3) is 5.69 Å². The number of non-ortho nitro benzene ring substituents is 1. The predicted octanol–water partition coefficient (Wildman–Crippen LogP) is 2.59. The van der Waals surface area contributed by atoms with Gasteiger partial charge in [0.1, 0.15) is 0 Å². The minimum atomic E-state index is -0.485. The molecular formula is C19H19N3O5. The highest BCUT2D eigenvalue weighted by atomic mass is 16.6. The summed E-state index contributed by atoms with van der Waals surface area (Å²) in [6.45, 7) is 0.499. The van der Waals surface area contributed by atoms with Crippen LogP contribution >= 0.6 is 0 Å². The molecule has 0 radical (unpaired) electrons. The van der Waals surface area contributed by atoms with Gasteiger partial charge in [-0.1, -0.05) is 6.07 Å². The van der Waals surface area contributed by atoms with Crippen LogP contribution in [-0.4, -0.2) is 40.3 Å². The van der Waals surface area contributed by atoms with Gasteiger partial charge in [-0.15, -0.1) is 0 Å². The van der Waals surface area contributed by atoms with Gasteiger partial charge in [-0.2, -0.15) is 0 Å². The molecule has 0 saturated carbocycles. The van der Waals surface area contributed by atoms with Crippen molar-refractivity contribution in [3.05, 3.63) is 76.1 Å². The number of nitro benzene ring substituents is 1. The molecule has 0 bridgehead atoms. The first-order valence-electron chi connectivity index (χ1n) is 8.17. The maximum absolute atomic E-state index is 12.6. The minimum absolute atomic E-state index is 0.0187. The van der Waals surface area contributed by atoms with E-state index in [9.17, 15) is 19.7 Å². The van der Waals surface area contributed by atoms with Crippen molar-refractivity contribution in [3.63, 3.8) is 0 Å². The van der Waals surface area contributed by atoms with Crippen molar-refractivity contribution in [2.45, 2.75) is 13.0 Å². The van der Waals surface area contributed by atoms with Gasteiger partial charge in [-0.25, -0.2) is 0 Å². The highest BCUT2D eigenvalue weighted by Crippen LogP contribution is 2.13. The molecule has 0 saturated heterocycles. The van der Waals surface area contributed by atoms with Gasteiger partial charge in [-0.05, 0) is 35.4 Å². The lowest BCUT2D eigenvalue weighted by molar-refractivity contribution is -0.384. The highest BCUT2D eigenvalue weighted by molar-refractivity contribution is 5.92. The number of ether oxygens (including phenoxy) is 1. The molecule has 0 unspecified atom stereocenters. The molecule has 0 spiro atoms. The Balaban J connectivity index is 2.09. The maximum atomic E-state index is 12.6. The Bertz CT molecular complexity index is 819. The number of methoxy groups -OCH3 is 1. The standard InChI is InChI=1S/C19H19N3O5/c1-27-19(24)10-12-21(14-16-3-2-11-20-13-16)18(23)9-6-15-4-7-17(8-5-15)22(25)26/h2-9,11,13H,10,12,14H2,1H3/b9-6+. The number of hydrogen-bond acceptors (Lipinski definition) is 6. The van der Waals surface area contributed by atoms with E-state index in [0.717, 1.165) is 5.56 Å². The molecule has 8 heteroatoms. The minimum Gasteiger partial charge on any atom is -0.469 e. The van der Waals surface area contributed by atoms with E-state index in [1.807, 2.05) is 6.07 Å². The summed E-state index contributed by atoms with van der Waals surface area (Å²) in [6, 6.07) is 9.46. The summed E-state index contributed by atoms with van der Waals surface area (Å²) in [5.74, 6) is -0.695. The molecule has 2 aromatic rings. The first kappa shape index (κ1) is 19.8. The van der Waals surface area contributed by atoms with Crippen molar-refractivity contribution in [1.82, 2.24) is 9.88 Å². The molecule has 0 aliphatic carbocycles. The third-order valence-corrected chi connectivity index (χ3v) is 3.74. The summed E-state index contributed by atoms with van der Waals surface area (Å²) in [4.78, 5) is 39.7. The molecule has 0 fully saturated rings. The zero-order valence-corrected chi connectivity index (χ0v) is 14.8. The van der Waals surface area contributed by atoms with Gasteiger partial charge in [0.15, 0.2) is 0 Å². The number of hydrogen-bond donors (Lipinski definition) is 0. The number of benzene rings is 1. The molecule has 1 amide bonds. The fourth-order valence-corrected chi connectivity index (χ4v) is 2.29. The first-order chi connectivity index (χ1) is 13.0. The van der Waals surface area contributed by atoms with Gasteiger partial charge >= 0.3 is 5.97 Å². The predicted molar refractivity (Wildman–Crippen MR) is 98.4 cm³/mol. The molecule has 1 aromatic heterocycles. The lowest BCUT2D eigenvalue weighted by atomic mass is 10.2. The first-order valence-corrected chi connectivity index (χ1v) is 8.17. The molecule has 8 nitrogen and oxygen atoms in total. The molecular weight excluding hydrogens is 350 g/mol. The largest absolute Gasteiger partial charge is 0.469 e. The number of rotatable bonds is 8. The number of esters is 1. The zero-order chi connectivity index (χ0) is 19.6. The summed E-state index contributed by atoms with van der Waals surface area (Å²) in [7, 11) is 1.30. The Morgan fingerprint density at radius 3 is 2.59 bits per heavy atom. The second kappa shape index (κ2) is 9.81. The Kier molecular flexibility index (Phi) is 7.18. The van der Waals surface area contributed by atoms with Gasteiger partial charge in [-0.3, -0.25) is 24.7 Å². The van der Waals surface area contributed by atoms with Crippen LogP contribution in [-0.2, 0) is 20.9 Å². The van der Waals surface area contributed by atoms with E-state index < -0.39 is 10.9 Å². The summed E-state index contributed by atoms with van der Waals surface area (Å²) in [5.41, 5.74) is 1.47. The quantitative estimate of drug-likeness (QED) is 0.307. The van der Waals surface area contributed by atoms with Crippen molar-refractivity contribution >= 4 is 23.6 Å². The zero-order valence-electron chi connectivity index (χ0n) is 14.8. The normalized spacial score (nSPS) is 10.6. The number of pyridine rings is 1. The van der Waals surface area contributed by atoms with Crippen LogP contribution in [0.2, 0.25) is 0 Å². The van der Waals surface area contributed by atoms with Crippen LogP contribution < -0.4 is 0 Å². The van der Waals surface area contributed by atoms with E-state index in [1.165, 1.54) is 30.2 Å². The summed E-state index contributed by atoms with van der Waals surface area (Å²) in [5, 5.41) is 10.7. The lowest BCUT2D eigenvalue weighted by Gasteiger charge is -2.20. The van der Waals surface area contributed by atoms with Crippen molar-refractivity contribution < 1.29 is 19.2 Å². The summed E-state index contributed by atoms with van der Waals surface area (Å²) in [6.07, 6.45) is 6.31.